The van der Waals surface area contributed by atoms with Crippen LogP contribution in [0.1, 0.15) is 6.92 Å². The third kappa shape index (κ3) is 8.48. The molecule has 0 aliphatic rings. The van der Waals surface area contributed by atoms with Gasteiger partial charge in [-0.1, -0.05) is 0 Å². The van der Waals surface area contributed by atoms with Gasteiger partial charge in [0.05, 0.1) is 5.75 Å². The van der Waals surface area contributed by atoms with Gasteiger partial charge in [-0.25, -0.2) is 0 Å². The van der Waals surface area contributed by atoms with E-state index in [9.17, 15) is 13.2 Å². The first-order valence-corrected chi connectivity index (χ1v) is 4.60. The zero-order chi connectivity index (χ0) is 9.07. The molecular weight excluding hydrogens is 193 g/mol. The van der Waals surface area contributed by atoms with Crippen LogP contribution in [0.4, 0.5) is 0 Å². The van der Waals surface area contributed by atoms with E-state index >= 15 is 0 Å². The Labute approximate surface area is 94.2 Å². The summed E-state index contributed by atoms with van der Waals surface area (Å²) >= 11 is 0. The van der Waals surface area contributed by atoms with Gasteiger partial charge in [0.1, 0.15) is 0 Å². The maximum Gasteiger partial charge on any atom is 0.266 e. The maximum atomic E-state index is 10.5. The van der Waals surface area contributed by atoms with Gasteiger partial charge in [0, 0.05) is 50.1 Å². The average molecular weight is 204 g/mol. The Kier molecular flexibility index (Phi) is 7.35. The van der Waals surface area contributed by atoms with Crippen molar-refractivity contribution in [3.63, 3.8) is 0 Å². The Morgan fingerprint density at radius 2 is 1.92 bits per heavy atom. The van der Waals surface area contributed by atoms with Crippen molar-refractivity contribution in [3.8, 4) is 0 Å². The second-order valence-electron chi connectivity index (χ2n) is 2.23. The summed E-state index contributed by atoms with van der Waals surface area (Å²) in [4.78, 5) is 11.7. The summed E-state index contributed by atoms with van der Waals surface area (Å²) in [6.45, 7) is 1.35. The van der Waals surface area contributed by atoms with Gasteiger partial charge >= 0.3 is 0 Å². The fourth-order valence-electron chi connectivity index (χ4n) is 0.410. The second-order valence-corrected chi connectivity index (χ2v) is 3.80. The number of hydrogen-bond acceptors (Lipinski definition) is 3. The van der Waals surface area contributed by atoms with Crippen LogP contribution in [0.15, 0.2) is 0 Å². The minimum absolute atomic E-state index is 0. The van der Waals surface area contributed by atoms with Crippen molar-refractivity contribution in [2.24, 2.45) is 0 Å². The predicted molar refractivity (Wildman–Crippen MR) is 45.5 cm³/mol. The van der Waals surface area contributed by atoms with E-state index in [1.54, 1.807) is 0 Å². The molecule has 7 heteroatoms. The standard InChI is InChI=1S/C5H11NO4S.Na/c1-5(7)6(2)3-4-11(8,9)10;/h3-4H2,1-2H3,(H,8,9,10);. The van der Waals surface area contributed by atoms with Gasteiger partial charge in [0.25, 0.3) is 10.1 Å². The SMILES string of the molecule is CC(=O)N(C)CCS(=O)(=O)O.[Na]. The molecule has 0 unspecified atom stereocenters. The van der Waals surface area contributed by atoms with Crippen LogP contribution in [0.25, 0.3) is 0 Å². The molecule has 0 heterocycles. The summed E-state index contributed by atoms with van der Waals surface area (Å²) in [6.07, 6.45) is 0. The van der Waals surface area contributed by atoms with Gasteiger partial charge in [-0.05, 0) is 0 Å². The van der Waals surface area contributed by atoms with Crippen LogP contribution in [0, 0.1) is 0 Å². The zero-order valence-electron chi connectivity index (χ0n) is 7.44. The van der Waals surface area contributed by atoms with E-state index in [4.69, 9.17) is 4.55 Å². The topological polar surface area (TPSA) is 74.7 Å². The number of carbonyl (C=O) groups is 1. The van der Waals surface area contributed by atoms with Gasteiger partial charge in [0.2, 0.25) is 5.91 Å². The molecule has 0 aromatic carbocycles. The molecule has 0 aliphatic carbocycles. The third-order valence-electron chi connectivity index (χ3n) is 1.22. The Hall–Kier alpha value is 0.380. The Bertz CT molecular complexity index is 238. The fraction of sp³-hybridized carbons (Fsp3) is 0.800. The molecule has 0 atom stereocenters. The zero-order valence-corrected chi connectivity index (χ0v) is 10.3. The number of nitrogens with zero attached hydrogens (tertiary/aromatic N) is 1. The van der Waals surface area contributed by atoms with Gasteiger partial charge in [-0.2, -0.15) is 8.42 Å². The summed E-state index contributed by atoms with van der Waals surface area (Å²) in [7, 11) is -2.48. The van der Waals surface area contributed by atoms with E-state index in [1.807, 2.05) is 0 Å². The summed E-state index contributed by atoms with van der Waals surface area (Å²) in [6, 6.07) is 0. The summed E-state index contributed by atoms with van der Waals surface area (Å²) in [5.41, 5.74) is 0. The van der Waals surface area contributed by atoms with Crippen LogP contribution in [0.5, 0.6) is 0 Å². The number of hydrogen-bond donors (Lipinski definition) is 1. The van der Waals surface area contributed by atoms with Crippen LogP contribution in [0.3, 0.4) is 0 Å². The molecule has 1 radical (unpaired) electrons. The first-order valence-electron chi connectivity index (χ1n) is 3.00. The van der Waals surface area contributed by atoms with Crippen LogP contribution in [-0.4, -0.2) is 72.7 Å². The molecule has 0 bridgehead atoms. The minimum Gasteiger partial charge on any atom is -0.345 e. The number of amides is 1. The molecule has 0 rings (SSSR count). The smallest absolute Gasteiger partial charge is 0.266 e. The van der Waals surface area contributed by atoms with Crippen molar-refractivity contribution < 1.29 is 17.8 Å². The molecule has 0 aliphatic heterocycles. The summed E-state index contributed by atoms with van der Waals surface area (Å²) < 4.78 is 28.6. The van der Waals surface area contributed by atoms with Crippen molar-refractivity contribution in [2.75, 3.05) is 19.3 Å². The normalized spacial score (nSPS) is 10.2. The van der Waals surface area contributed by atoms with Crippen LogP contribution < -0.4 is 0 Å². The van der Waals surface area contributed by atoms with E-state index in [0.29, 0.717) is 0 Å². The molecule has 0 aromatic heterocycles. The first-order chi connectivity index (χ1) is 4.83. The molecule has 5 nitrogen and oxygen atoms in total. The van der Waals surface area contributed by atoms with Crippen LogP contribution in [0.2, 0.25) is 0 Å². The average Bonchev–Trinajstić information content (AvgIpc) is 1.80. The maximum absolute atomic E-state index is 10.5. The van der Waals surface area contributed by atoms with E-state index in [1.165, 1.54) is 18.9 Å². The quantitative estimate of drug-likeness (QED) is 0.471. The molecule has 12 heavy (non-hydrogen) atoms. The largest absolute Gasteiger partial charge is 0.345 e. The number of carbonyl (C=O) groups excluding carboxylic acids is 1. The summed E-state index contributed by atoms with van der Waals surface area (Å²) in [5, 5.41) is 0. The van der Waals surface area contributed by atoms with Crippen molar-refractivity contribution in [1.29, 1.82) is 0 Å². The van der Waals surface area contributed by atoms with E-state index in [0.717, 1.165) is 0 Å². The van der Waals surface area contributed by atoms with E-state index < -0.39 is 15.9 Å². The molecular formula is C5H11NNaO4S. The molecule has 0 spiro atoms. The number of rotatable bonds is 3. The van der Waals surface area contributed by atoms with Crippen molar-refractivity contribution in [1.82, 2.24) is 4.90 Å². The molecule has 67 valence electrons. The van der Waals surface area contributed by atoms with Crippen molar-refractivity contribution in [3.05, 3.63) is 0 Å². The molecule has 0 aromatic rings. The first kappa shape index (κ1) is 14.9. The summed E-state index contributed by atoms with van der Waals surface area (Å²) in [5.74, 6) is -0.642. The van der Waals surface area contributed by atoms with E-state index in [-0.39, 0.29) is 42.0 Å². The Morgan fingerprint density at radius 3 is 2.17 bits per heavy atom. The van der Waals surface area contributed by atoms with Gasteiger partial charge < -0.3 is 4.90 Å². The fourth-order valence-corrected chi connectivity index (χ4v) is 0.914. The molecule has 0 saturated carbocycles. The van der Waals surface area contributed by atoms with Gasteiger partial charge in [0.15, 0.2) is 0 Å². The molecule has 0 saturated heterocycles. The van der Waals surface area contributed by atoms with Crippen LogP contribution in [-0.2, 0) is 14.9 Å². The van der Waals surface area contributed by atoms with Crippen molar-refractivity contribution in [2.45, 2.75) is 6.92 Å². The molecule has 1 amide bonds. The second kappa shape index (κ2) is 5.93. The van der Waals surface area contributed by atoms with E-state index in [2.05, 4.69) is 0 Å². The molecule has 0 fully saturated rings. The monoisotopic (exact) mass is 204 g/mol. The van der Waals surface area contributed by atoms with Crippen molar-refractivity contribution >= 4 is 45.6 Å². The minimum atomic E-state index is -3.95. The van der Waals surface area contributed by atoms with Gasteiger partial charge in [-0.3, -0.25) is 9.35 Å². The van der Waals surface area contributed by atoms with Crippen LogP contribution >= 0.6 is 0 Å². The Morgan fingerprint density at radius 1 is 1.50 bits per heavy atom. The third-order valence-corrected chi connectivity index (χ3v) is 1.92. The molecule has 1 N–H and O–H groups in total. The Balaban J connectivity index is 0. The predicted octanol–water partition coefficient (Wildman–Crippen LogP) is -1.03. The van der Waals surface area contributed by atoms with Gasteiger partial charge in [-0.15, -0.1) is 0 Å².